The van der Waals surface area contributed by atoms with Crippen molar-refractivity contribution in [2.45, 2.75) is 20.8 Å². The first kappa shape index (κ1) is 11.5. The first-order chi connectivity index (χ1) is 8.04. The van der Waals surface area contributed by atoms with E-state index in [0.717, 1.165) is 28.1 Å². The molecule has 0 unspecified atom stereocenters. The van der Waals surface area contributed by atoms with Gasteiger partial charge in [0.05, 0.1) is 5.69 Å². The first-order valence-corrected chi connectivity index (χ1v) is 5.57. The topological polar surface area (TPSA) is 48.0 Å². The number of nitrogens with two attached hydrogens (primary N) is 1. The number of primary amides is 1. The number of hydrogen-bond donors (Lipinski definition) is 1. The average Bonchev–Trinajstić information content (AvgIpc) is 2.55. The van der Waals surface area contributed by atoms with Gasteiger partial charge in [-0.3, -0.25) is 4.57 Å². The molecule has 1 amide bonds. The minimum Gasteiger partial charge on any atom is -0.351 e. The molecule has 0 bridgehead atoms. The van der Waals surface area contributed by atoms with E-state index in [1.807, 2.05) is 51.1 Å². The summed E-state index contributed by atoms with van der Waals surface area (Å²) in [6, 6.07) is 9.41. The van der Waals surface area contributed by atoms with E-state index in [4.69, 9.17) is 5.73 Å². The Balaban J connectivity index is 2.78. The van der Waals surface area contributed by atoms with Gasteiger partial charge < -0.3 is 5.73 Å². The van der Waals surface area contributed by atoms with Gasteiger partial charge in [0.25, 0.3) is 0 Å². The molecule has 1 aromatic carbocycles. The molecule has 0 aliphatic rings. The number of hydrogen-bond acceptors (Lipinski definition) is 1. The molecule has 0 aliphatic heterocycles. The van der Waals surface area contributed by atoms with Gasteiger partial charge in [-0.15, -0.1) is 0 Å². The number of nitrogens with zero attached hydrogens (tertiary/aromatic N) is 1. The van der Waals surface area contributed by atoms with Crippen molar-refractivity contribution in [2.75, 3.05) is 0 Å². The minimum absolute atomic E-state index is 0.433. The molecule has 0 radical (unpaired) electrons. The smallest absolute Gasteiger partial charge is 0.323 e. The lowest BCUT2D eigenvalue weighted by Crippen LogP contribution is -2.21. The molecule has 0 fully saturated rings. The maximum atomic E-state index is 11.6. The van der Waals surface area contributed by atoms with Gasteiger partial charge in [-0.1, -0.05) is 30.3 Å². The largest absolute Gasteiger partial charge is 0.351 e. The zero-order chi connectivity index (χ0) is 12.6. The summed E-state index contributed by atoms with van der Waals surface area (Å²) in [7, 11) is 0. The summed E-state index contributed by atoms with van der Waals surface area (Å²) < 4.78 is 1.58. The molecule has 17 heavy (non-hydrogen) atoms. The Hall–Kier alpha value is -2.03. The van der Waals surface area contributed by atoms with Crippen LogP contribution in [0.2, 0.25) is 0 Å². The summed E-state index contributed by atoms with van der Waals surface area (Å²) in [5.74, 6) is 0. The normalized spacial score (nSPS) is 10.5. The van der Waals surface area contributed by atoms with Gasteiger partial charge in [0, 0.05) is 5.69 Å². The lowest BCUT2D eigenvalue weighted by molar-refractivity contribution is 0.250. The Morgan fingerprint density at radius 2 is 1.65 bits per heavy atom. The van der Waals surface area contributed by atoms with Crippen LogP contribution in [0.1, 0.15) is 16.8 Å². The van der Waals surface area contributed by atoms with Crippen LogP contribution in [-0.2, 0) is 0 Å². The summed E-state index contributed by atoms with van der Waals surface area (Å²) in [6.07, 6.45) is 0. The highest BCUT2D eigenvalue weighted by Crippen LogP contribution is 2.29. The SMILES string of the molecule is Cc1c(C)c(-c2ccccc2)n(C(N)=O)c1C. The van der Waals surface area contributed by atoms with Gasteiger partial charge >= 0.3 is 6.03 Å². The molecule has 1 heterocycles. The van der Waals surface area contributed by atoms with E-state index in [-0.39, 0.29) is 0 Å². The highest BCUT2D eigenvalue weighted by molar-refractivity contribution is 5.84. The first-order valence-electron chi connectivity index (χ1n) is 5.57. The fourth-order valence-electron chi connectivity index (χ4n) is 2.17. The van der Waals surface area contributed by atoms with Crippen LogP contribution in [-0.4, -0.2) is 10.6 Å². The van der Waals surface area contributed by atoms with Crippen LogP contribution in [0.3, 0.4) is 0 Å². The van der Waals surface area contributed by atoms with E-state index in [1.54, 1.807) is 4.57 Å². The van der Waals surface area contributed by atoms with Crippen molar-refractivity contribution in [2.24, 2.45) is 5.73 Å². The molecule has 2 N–H and O–H groups in total. The van der Waals surface area contributed by atoms with Crippen molar-refractivity contribution < 1.29 is 4.79 Å². The Labute approximate surface area is 101 Å². The van der Waals surface area contributed by atoms with Gasteiger partial charge in [-0.05, 0) is 37.5 Å². The van der Waals surface area contributed by atoms with E-state index < -0.39 is 6.03 Å². The molecule has 88 valence electrons. The number of amides is 1. The maximum Gasteiger partial charge on any atom is 0.323 e. The average molecular weight is 228 g/mol. The van der Waals surface area contributed by atoms with Gasteiger partial charge in [-0.2, -0.15) is 0 Å². The van der Waals surface area contributed by atoms with Crippen LogP contribution in [0.25, 0.3) is 11.3 Å². The van der Waals surface area contributed by atoms with Crippen molar-refractivity contribution in [1.29, 1.82) is 0 Å². The van der Waals surface area contributed by atoms with Crippen LogP contribution in [0.4, 0.5) is 4.79 Å². The lowest BCUT2D eigenvalue weighted by atomic mass is 10.1. The van der Waals surface area contributed by atoms with Crippen molar-refractivity contribution in [3.8, 4) is 11.3 Å². The molecule has 0 spiro atoms. The molecule has 0 saturated carbocycles. The third-order valence-corrected chi connectivity index (χ3v) is 3.29. The summed E-state index contributed by atoms with van der Waals surface area (Å²) in [6.45, 7) is 5.94. The van der Waals surface area contributed by atoms with Gasteiger partial charge in [0.1, 0.15) is 0 Å². The summed E-state index contributed by atoms with van der Waals surface area (Å²) in [5.41, 5.74) is 10.5. The number of carbonyl (C=O) groups is 1. The Bertz CT molecular complexity index is 568. The van der Waals surface area contributed by atoms with E-state index in [1.165, 1.54) is 0 Å². The fourth-order valence-corrected chi connectivity index (χ4v) is 2.17. The van der Waals surface area contributed by atoms with Crippen molar-refractivity contribution in [3.05, 3.63) is 47.2 Å². The van der Waals surface area contributed by atoms with Gasteiger partial charge in [0.15, 0.2) is 0 Å². The zero-order valence-electron chi connectivity index (χ0n) is 10.3. The molecule has 0 aliphatic carbocycles. The van der Waals surface area contributed by atoms with E-state index in [9.17, 15) is 4.79 Å². The van der Waals surface area contributed by atoms with Gasteiger partial charge in [0.2, 0.25) is 0 Å². The van der Waals surface area contributed by atoms with Crippen LogP contribution < -0.4 is 5.73 Å². The van der Waals surface area contributed by atoms with E-state index in [0.29, 0.717) is 0 Å². The van der Waals surface area contributed by atoms with Crippen molar-refractivity contribution >= 4 is 6.03 Å². The highest BCUT2D eigenvalue weighted by atomic mass is 16.2. The standard InChI is InChI=1S/C14H16N2O/c1-9-10(2)13(12-7-5-4-6-8-12)16(11(9)3)14(15)17/h4-8H,1-3H3,(H2,15,17). The predicted octanol–water partition coefficient (Wildman–Crippen LogP) is 3.01. The van der Waals surface area contributed by atoms with Crippen LogP contribution in [0.15, 0.2) is 30.3 Å². The second-order valence-electron chi connectivity index (χ2n) is 4.22. The molecular formula is C14H16N2O. The van der Waals surface area contributed by atoms with Crippen LogP contribution >= 0.6 is 0 Å². The van der Waals surface area contributed by atoms with E-state index >= 15 is 0 Å². The third kappa shape index (κ3) is 1.73. The highest BCUT2D eigenvalue weighted by Gasteiger charge is 2.18. The van der Waals surface area contributed by atoms with Crippen LogP contribution in [0.5, 0.6) is 0 Å². The Morgan fingerprint density at radius 3 is 2.18 bits per heavy atom. The predicted molar refractivity (Wildman–Crippen MR) is 69.1 cm³/mol. The molecule has 2 aromatic rings. The quantitative estimate of drug-likeness (QED) is 0.801. The Kier molecular flexibility index (Phi) is 2.76. The molecule has 3 nitrogen and oxygen atoms in total. The number of benzene rings is 1. The third-order valence-electron chi connectivity index (χ3n) is 3.29. The van der Waals surface area contributed by atoms with Crippen LogP contribution in [0, 0.1) is 20.8 Å². The molecule has 1 aromatic heterocycles. The van der Waals surface area contributed by atoms with Crippen molar-refractivity contribution in [3.63, 3.8) is 0 Å². The monoisotopic (exact) mass is 228 g/mol. The van der Waals surface area contributed by atoms with Crippen molar-refractivity contribution in [1.82, 2.24) is 4.57 Å². The molecular weight excluding hydrogens is 212 g/mol. The maximum absolute atomic E-state index is 11.6. The fraction of sp³-hybridized carbons (Fsp3) is 0.214. The number of carbonyl (C=O) groups excluding carboxylic acids is 1. The number of rotatable bonds is 1. The summed E-state index contributed by atoms with van der Waals surface area (Å²) in [4.78, 5) is 11.6. The summed E-state index contributed by atoms with van der Waals surface area (Å²) in [5, 5.41) is 0. The Morgan fingerprint density at radius 1 is 1.06 bits per heavy atom. The van der Waals surface area contributed by atoms with E-state index in [2.05, 4.69) is 0 Å². The molecule has 0 atom stereocenters. The second kappa shape index (κ2) is 4.09. The second-order valence-corrected chi connectivity index (χ2v) is 4.22. The van der Waals surface area contributed by atoms with Gasteiger partial charge in [-0.25, -0.2) is 4.79 Å². The number of aromatic nitrogens is 1. The molecule has 2 rings (SSSR count). The molecule has 3 heteroatoms. The lowest BCUT2D eigenvalue weighted by Gasteiger charge is -2.08. The summed E-state index contributed by atoms with van der Waals surface area (Å²) >= 11 is 0. The molecule has 0 saturated heterocycles. The zero-order valence-corrected chi connectivity index (χ0v) is 10.3. The minimum atomic E-state index is -0.433.